The third-order valence-corrected chi connectivity index (χ3v) is 5.17. The molecular formula is C15H22BrClN2O. The van der Waals surface area contributed by atoms with Crippen LogP contribution >= 0.6 is 27.5 Å². The van der Waals surface area contributed by atoms with Gasteiger partial charge in [-0.15, -0.1) is 0 Å². The number of ether oxygens (including phenoxy) is 1. The van der Waals surface area contributed by atoms with Gasteiger partial charge in [0.05, 0.1) is 17.7 Å². The van der Waals surface area contributed by atoms with Crippen LogP contribution in [0.2, 0.25) is 5.02 Å². The van der Waals surface area contributed by atoms with Gasteiger partial charge in [0.2, 0.25) is 0 Å². The summed E-state index contributed by atoms with van der Waals surface area (Å²) in [5.41, 5.74) is 7.22. The highest BCUT2D eigenvalue weighted by Crippen LogP contribution is 2.31. The van der Waals surface area contributed by atoms with E-state index in [1.165, 1.54) is 5.56 Å². The standard InChI is InChI=1S/C15H22BrClN2O/c1-3-12-9-20-10(2)8-19(12)15(7-18)11-4-5-13(16)14(17)6-11/h4-6,10,12,15H,3,7-9,18H2,1-2H3. The smallest absolute Gasteiger partial charge is 0.0675 e. The summed E-state index contributed by atoms with van der Waals surface area (Å²) in [5.74, 6) is 0. The lowest BCUT2D eigenvalue weighted by atomic mass is 10.0. The van der Waals surface area contributed by atoms with E-state index in [0.29, 0.717) is 12.6 Å². The number of nitrogens with zero attached hydrogens (tertiary/aromatic N) is 1. The number of rotatable bonds is 4. The SMILES string of the molecule is CCC1COC(C)CN1C(CN)c1ccc(Br)c(Cl)c1. The lowest BCUT2D eigenvalue weighted by Crippen LogP contribution is -2.51. The molecule has 1 fully saturated rings. The van der Waals surface area contributed by atoms with Gasteiger partial charge in [-0.3, -0.25) is 4.90 Å². The first kappa shape index (κ1) is 16.2. The molecule has 2 N–H and O–H groups in total. The molecule has 3 atom stereocenters. The highest BCUT2D eigenvalue weighted by Gasteiger charge is 2.31. The summed E-state index contributed by atoms with van der Waals surface area (Å²) >= 11 is 9.66. The van der Waals surface area contributed by atoms with E-state index < -0.39 is 0 Å². The van der Waals surface area contributed by atoms with Crippen LogP contribution in [0.4, 0.5) is 0 Å². The predicted molar refractivity (Wildman–Crippen MR) is 87.1 cm³/mol. The molecule has 20 heavy (non-hydrogen) atoms. The molecule has 5 heteroatoms. The minimum atomic E-state index is 0.192. The molecule has 1 aliphatic heterocycles. The van der Waals surface area contributed by atoms with Crippen LogP contribution in [0.5, 0.6) is 0 Å². The van der Waals surface area contributed by atoms with Crippen molar-refractivity contribution in [2.75, 3.05) is 19.7 Å². The second-order valence-electron chi connectivity index (χ2n) is 5.33. The Morgan fingerprint density at radius 2 is 2.30 bits per heavy atom. The summed E-state index contributed by atoms with van der Waals surface area (Å²) < 4.78 is 6.69. The van der Waals surface area contributed by atoms with Crippen LogP contribution in [0.3, 0.4) is 0 Å². The average molecular weight is 362 g/mol. The lowest BCUT2D eigenvalue weighted by molar-refractivity contribution is -0.0719. The highest BCUT2D eigenvalue weighted by atomic mass is 79.9. The van der Waals surface area contributed by atoms with E-state index in [4.69, 9.17) is 22.1 Å². The maximum Gasteiger partial charge on any atom is 0.0675 e. The maximum atomic E-state index is 6.22. The fraction of sp³-hybridized carbons (Fsp3) is 0.600. The van der Waals surface area contributed by atoms with Crippen LogP contribution in [-0.2, 0) is 4.74 Å². The molecule has 0 aromatic heterocycles. The maximum absolute atomic E-state index is 6.22. The van der Waals surface area contributed by atoms with Gasteiger partial charge in [-0.25, -0.2) is 0 Å². The van der Waals surface area contributed by atoms with Crippen molar-refractivity contribution in [1.29, 1.82) is 0 Å². The molecule has 0 spiro atoms. The number of benzene rings is 1. The number of halogens is 2. The van der Waals surface area contributed by atoms with Gasteiger partial charge < -0.3 is 10.5 Å². The summed E-state index contributed by atoms with van der Waals surface area (Å²) in [5, 5.41) is 0.732. The van der Waals surface area contributed by atoms with Gasteiger partial charge in [-0.2, -0.15) is 0 Å². The lowest BCUT2D eigenvalue weighted by Gasteiger charge is -2.43. The molecule has 1 aliphatic rings. The molecular weight excluding hydrogens is 340 g/mol. The molecule has 0 aliphatic carbocycles. The number of nitrogens with two attached hydrogens (primary N) is 1. The third kappa shape index (κ3) is 3.55. The van der Waals surface area contributed by atoms with E-state index in [2.05, 4.69) is 40.7 Å². The molecule has 3 nitrogen and oxygen atoms in total. The largest absolute Gasteiger partial charge is 0.376 e. The van der Waals surface area contributed by atoms with Crippen LogP contribution in [0.1, 0.15) is 31.9 Å². The van der Waals surface area contributed by atoms with Gasteiger partial charge in [-0.1, -0.05) is 24.6 Å². The average Bonchev–Trinajstić information content (AvgIpc) is 2.44. The van der Waals surface area contributed by atoms with Gasteiger partial charge >= 0.3 is 0 Å². The van der Waals surface area contributed by atoms with Crippen molar-refractivity contribution < 1.29 is 4.74 Å². The Hall–Kier alpha value is -0.130. The molecule has 1 aromatic carbocycles. The van der Waals surface area contributed by atoms with Crippen molar-refractivity contribution in [2.45, 2.75) is 38.5 Å². The molecule has 112 valence electrons. The second-order valence-corrected chi connectivity index (χ2v) is 6.59. The summed E-state index contributed by atoms with van der Waals surface area (Å²) in [7, 11) is 0. The minimum Gasteiger partial charge on any atom is -0.376 e. The quantitative estimate of drug-likeness (QED) is 0.890. The number of hydrogen-bond acceptors (Lipinski definition) is 3. The van der Waals surface area contributed by atoms with Crippen LogP contribution in [0.25, 0.3) is 0 Å². The van der Waals surface area contributed by atoms with Crippen molar-refractivity contribution in [3.63, 3.8) is 0 Å². The van der Waals surface area contributed by atoms with Crippen molar-refractivity contribution in [3.8, 4) is 0 Å². The first-order chi connectivity index (χ1) is 9.56. The normalized spacial score (nSPS) is 25.6. The predicted octanol–water partition coefficient (Wildman–Crippen LogP) is 3.60. The molecule has 0 saturated carbocycles. The summed E-state index contributed by atoms with van der Waals surface area (Å²) in [6.45, 7) is 6.58. The molecule has 3 unspecified atom stereocenters. The van der Waals surface area contributed by atoms with Gasteiger partial charge in [0.1, 0.15) is 0 Å². The van der Waals surface area contributed by atoms with E-state index in [9.17, 15) is 0 Å². The Bertz CT molecular complexity index is 457. The second kappa shape index (κ2) is 7.23. The zero-order valence-corrected chi connectivity index (χ0v) is 14.3. The van der Waals surface area contributed by atoms with E-state index in [-0.39, 0.29) is 12.1 Å². The zero-order valence-electron chi connectivity index (χ0n) is 12.0. The molecule has 0 bridgehead atoms. The first-order valence-electron chi connectivity index (χ1n) is 7.09. The number of hydrogen-bond donors (Lipinski definition) is 1. The van der Waals surface area contributed by atoms with Crippen LogP contribution < -0.4 is 5.73 Å². The van der Waals surface area contributed by atoms with Gasteiger partial charge in [0, 0.05) is 29.6 Å². The van der Waals surface area contributed by atoms with E-state index in [0.717, 1.165) is 29.1 Å². The monoisotopic (exact) mass is 360 g/mol. The molecule has 2 rings (SSSR count). The molecule has 0 amide bonds. The fourth-order valence-electron chi connectivity index (χ4n) is 2.79. The number of morpholine rings is 1. The van der Waals surface area contributed by atoms with Gasteiger partial charge in [-0.05, 0) is 47.0 Å². The van der Waals surface area contributed by atoms with E-state index in [1.807, 2.05) is 12.1 Å². The van der Waals surface area contributed by atoms with Crippen LogP contribution in [0.15, 0.2) is 22.7 Å². The van der Waals surface area contributed by atoms with Crippen LogP contribution in [0, 0.1) is 0 Å². The Morgan fingerprint density at radius 3 is 2.90 bits per heavy atom. The summed E-state index contributed by atoms with van der Waals surface area (Å²) in [6, 6.07) is 6.71. The van der Waals surface area contributed by atoms with Crippen molar-refractivity contribution >= 4 is 27.5 Å². The summed E-state index contributed by atoms with van der Waals surface area (Å²) in [6.07, 6.45) is 1.31. The fourth-order valence-corrected chi connectivity index (χ4v) is 3.22. The van der Waals surface area contributed by atoms with Crippen molar-refractivity contribution in [1.82, 2.24) is 4.90 Å². The van der Waals surface area contributed by atoms with Gasteiger partial charge in [0.15, 0.2) is 0 Å². The molecule has 1 aromatic rings. The topological polar surface area (TPSA) is 38.5 Å². The van der Waals surface area contributed by atoms with Crippen LogP contribution in [-0.4, -0.2) is 36.7 Å². The molecule has 1 heterocycles. The third-order valence-electron chi connectivity index (χ3n) is 3.93. The Labute approximate surface area is 134 Å². The van der Waals surface area contributed by atoms with Gasteiger partial charge in [0.25, 0.3) is 0 Å². The zero-order chi connectivity index (χ0) is 14.7. The molecule has 1 saturated heterocycles. The Morgan fingerprint density at radius 1 is 1.55 bits per heavy atom. The Balaban J connectivity index is 2.26. The van der Waals surface area contributed by atoms with Crippen molar-refractivity contribution in [2.24, 2.45) is 5.73 Å². The molecule has 0 radical (unpaired) electrons. The summed E-state index contributed by atoms with van der Waals surface area (Å²) in [4.78, 5) is 2.47. The first-order valence-corrected chi connectivity index (χ1v) is 8.26. The Kier molecular flexibility index (Phi) is 5.87. The van der Waals surface area contributed by atoms with E-state index in [1.54, 1.807) is 0 Å². The van der Waals surface area contributed by atoms with Crippen molar-refractivity contribution in [3.05, 3.63) is 33.3 Å². The van der Waals surface area contributed by atoms with E-state index >= 15 is 0 Å². The minimum absolute atomic E-state index is 0.192. The highest BCUT2D eigenvalue weighted by molar-refractivity contribution is 9.10.